The number of methoxy groups -OCH3 is 1. The van der Waals surface area contributed by atoms with Crippen LogP contribution < -0.4 is 0 Å². The Balaban J connectivity index is 2.30. The summed E-state index contributed by atoms with van der Waals surface area (Å²) in [6, 6.07) is 5.34. The maximum Gasteiger partial charge on any atom is 0.308 e. The number of nitriles is 1. The summed E-state index contributed by atoms with van der Waals surface area (Å²) in [6.07, 6.45) is 5.50. The molecule has 5 nitrogen and oxygen atoms in total. The maximum atomic E-state index is 8.62. The van der Waals surface area contributed by atoms with Gasteiger partial charge in [0.15, 0.2) is 0 Å². The predicted octanol–water partition coefficient (Wildman–Crippen LogP) is 2.13. The van der Waals surface area contributed by atoms with E-state index in [0.717, 1.165) is 19.3 Å². The smallest absolute Gasteiger partial charge is 0.308 e. The van der Waals surface area contributed by atoms with Crippen LogP contribution in [0.1, 0.15) is 30.5 Å². The van der Waals surface area contributed by atoms with Crippen molar-refractivity contribution in [3.05, 3.63) is 29.6 Å². The number of unbranched alkanes of at least 4 members (excludes halogenated alkanes) is 2. The van der Waals surface area contributed by atoms with Crippen molar-refractivity contribution in [1.82, 2.24) is 4.98 Å². The molecule has 5 heteroatoms. The molecule has 19 heavy (non-hydrogen) atoms. The first-order chi connectivity index (χ1) is 9.26. The first-order valence-corrected chi connectivity index (χ1v) is 5.76. The highest BCUT2D eigenvalue weighted by molar-refractivity contribution is 5.80. The Kier molecular flexibility index (Phi) is 6.39. The van der Waals surface area contributed by atoms with Gasteiger partial charge in [-0.1, -0.05) is 5.92 Å². The molecule has 0 radical (unpaired) electrons. The van der Waals surface area contributed by atoms with E-state index in [1.807, 2.05) is 6.07 Å². The van der Waals surface area contributed by atoms with Gasteiger partial charge in [0, 0.05) is 18.8 Å². The van der Waals surface area contributed by atoms with Crippen LogP contribution in [0.5, 0.6) is 0 Å². The van der Waals surface area contributed by atoms with Crippen molar-refractivity contribution >= 4 is 12.2 Å². The van der Waals surface area contributed by atoms with Gasteiger partial charge in [0.25, 0.3) is 0 Å². The molecule has 0 saturated carbocycles. The zero-order valence-electron chi connectivity index (χ0n) is 10.7. The topological polar surface area (TPSA) is 82.1 Å². The van der Waals surface area contributed by atoms with E-state index >= 15 is 0 Å². The van der Waals surface area contributed by atoms with Crippen molar-refractivity contribution < 1.29 is 4.74 Å². The summed E-state index contributed by atoms with van der Waals surface area (Å²) in [5.41, 5.74) is 1.19. The van der Waals surface area contributed by atoms with Crippen molar-refractivity contribution in [3.8, 4) is 17.9 Å². The van der Waals surface area contributed by atoms with Crippen molar-refractivity contribution in [3.63, 3.8) is 0 Å². The lowest BCUT2D eigenvalue weighted by molar-refractivity contribution is 0.393. The molecule has 96 valence electrons. The summed E-state index contributed by atoms with van der Waals surface area (Å²) in [5, 5.41) is 15.7. The number of nitrogens with one attached hydrogen (secondary N) is 1. The van der Waals surface area contributed by atoms with E-state index in [1.54, 1.807) is 18.3 Å². The Morgan fingerprint density at radius 1 is 1.58 bits per heavy atom. The van der Waals surface area contributed by atoms with Crippen LogP contribution in [0.2, 0.25) is 0 Å². The monoisotopic (exact) mass is 254 g/mol. The van der Waals surface area contributed by atoms with Gasteiger partial charge in [0.2, 0.25) is 0 Å². The van der Waals surface area contributed by atoms with Gasteiger partial charge in [-0.3, -0.25) is 0 Å². The number of hydrogen-bond acceptors (Lipinski definition) is 4. The third-order valence-corrected chi connectivity index (χ3v) is 2.15. The van der Waals surface area contributed by atoms with Gasteiger partial charge in [-0.15, -0.1) is 0 Å². The van der Waals surface area contributed by atoms with Gasteiger partial charge in [0.05, 0.1) is 12.7 Å². The number of hydrogen-bond donors (Lipinski definition) is 1. The molecule has 0 aliphatic carbocycles. The van der Waals surface area contributed by atoms with E-state index in [-0.39, 0.29) is 6.02 Å². The second-order valence-corrected chi connectivity index (χ2v) is 3.56. The molecule has 0 saturated heterocycles. The van der Waals surface area contributed by atoms with Gasteiger partial charge >= 0.3 is 6.02 Å². The van der Waals surface area contributed by atoms with Crippen molar-refractivity contribution in [2.24, 2.45) is 4.99 Å². The molecule has 1 aromatic rings. The van der Waals surface area contributed by atoms with Gasteiger partial charge < -0.3 is 4.74 Å². The molecule has 0 aliphatic heterocycles. The van der Waals surface area contributed by atoms with Crippen molar-refractivity contribution in [2.75, 3.05) is 7.11 Å². The molecule has 1 rings (SSSR count). The molecular formula is C14H14N4O. The van der Waals surface area contributed by atoms with Gasteiger partial charge in [-0.25, -0.2) is 15.4 Å². The summed E-state index contributed by atoms with van der Waals surface area (Å²) in [4.78, 5) is 7.81. The fraction of sp³-hybridized carbons (Fsp3) is 0.286. The Morgan fingerprint density at radius 3 is 3.05 bits per heavy atom. The molecule has 0 amide bonds. The Labute approximate surface area is 112 Å². The zero-order valence-corrected chi connectivity index (χ0v) is 10.7. The molecule has 0 spiro atoms. The quantitative estimate of drug-likeness (QED) is 0.388. The number of amidine groups is 1. The highest BCUT2D eigenvalue weighted by atomic mass is 16.5. The third kappa shape index (κ3) is 5.99. The molecule has 1 heterocycles. The number of aliphatic imine (C=N–C) groups is 1. The summed E-state index contributed by atoms with van der Waals surface area (Å²) in [6.45, 7) is 0. The van der Waals surface area contributed by atoms with E-state index in [9.17, 15) is 0 Å². The predicted molar refractivity (Wildman–Crippen MR) is 72.9 cm³/mol. The second kappa shape index (κ2) is 8.43. The first kappa shape index (κ1) is 14.4. The lowest BCUT2D eigenvalue weighted by Gasteiger charge is -1.92. The average Bonchev–Trinajstić information content (AvgIpc) is 2.46. The van der Waals surface area contributed by atoms with Crippen molar-refractivity contribution in [1.29, 1.82) is 10.7 Å². The fourth-order valence-electron chi connectivity index (χ4n) is 1.17. The lowest BCUT2D eigenvalue weighted by atomic mass is 10.2. The molecular weight excluding hydrogens is 240 g/mol. The third-order valence-electron chi connectivity index (χ3n) is 2.15. The molecule has 1 aromatic heterocycles. The zero-order chi connectivity index (χ0) is 13.9. The van der Waals surface area contributed by atoms with Crippen LogP contribution >= 0.6 is 0 Å². The number of ether oxygens (including phenoxy) is 1. The Hall–Kier alpha value is -2.66. The van der Waals surface area contributed by atoms with E-state index in [0.29, 0.717) is 11.3 Å². The summed E-state index contributed by atoms with van der Waals surface area (Å²) in [5.74, 6) is 5.92. The Morgan fingerprint density at radius 2 is 2.42 bits per heavy atom. The van der Waals surface area contributed by atoms with Crippen LogP contribution in [0.3, 0.4) is 0 Å². The summed E-state index contributed by atoms with van der Waals surface area (Å²) < 4.78 is 4.58. The highest BCUT2D eigenvalue weighted by Crippen LogP contribution is 1.98. The highest BCUT2D eigenvalue weighted by Gasteiger charge is 1.90. The van der Waals surface area contributed by atoms with Crippen LogP contribution in [0.15, 0.2) is 23.3 Å². The average molecular weight is 254 g/mol. The number of pyridine rings is 1. The number of nitrogens with zero attached hydrogens (tertiary/aromatic N) is 3. The molecule has 0 bridgehead atoms. The van der Waals surface area contributed by atoms with E-state index in [2.05, 4.69) is 26.6 Å². The van der Waals surface area contributed by atoms with Crippen molar-refractivity contribution in [2.45, 2.75) is 19.3 Å². The molecule has 0 atom stereocenters. The van der Waals surface area contributed by atoms with Gasteiger partial charge in [-0.05, 0) is 30.9 Å². The first-order valence-electron chi connectivity index (χ1n) is 5.76. The molecule has 1 N–H and O–H groups in total. The number of rotatable bonds is 3. The minimum Gasteiger partial charge on any atom is -0.467 e. The van der Waals surface area contributed by atoms with Gasteiger partial charge in [0.1, 0.15) is 11.8 Å². The summed E-state index contributed by atoms with van der Waals surface area (Å²) in [7, 11) is 1.41. The van der Waals surface area contributed by atoms with E-state index in [1.165, 1.54) is 13.3 Å². The standard InChI is InChI=1S/C14H14N4O/c1-19-14(16)17-9-5-3-2-4-6-13-8-7-12(10-15)11-18-13/h7-9,11,16H,2-3,5H2,1H3/b16-14?,17-9-. The van der Waals surface area contributed by atoms with E-state index < -0.39 is 0 Å². The second-order valence-electron chi connectivity index (χ2n) is 3.56. The Bertz CT molecular complexity index is 544. The van der Waals surface area contributed by atoms with Crippen LogP contribution in [0.25, 0.3) is 0 Å². The summed E-state index contributed by atoms with van der Waals surface area (Å²) >= 11 is 0. The molecule has 0 aromatic carbocycles. The van der Waals surface area contributed by atoms with Gasteiger partial charge in [-0.2, -0.15) is 5.26 Å². The maximum absolute atomic E-state index is 8.62. The van der Waals surface area contributed by atoms with Crippen LogP contribution in [0.4, 0.5) is 0 Å². The molecule has 0 fully saturated rings. The SMILES string of the molecule is COC(=N)/N=C\CCCC#Cc1ccc(C#N)cn1. The normalized spacial score (nSPS) is 9.47. The molecule has 0 aliphatic rings. The number of aromatic nitrogens is 1. The van der Waals surface area contributed by atoms with Crippen LogP contribution in [0, 0.1) is 28.6 Å². The minimum atomic E-state index is -0.0899. The van der Waals surface area contributed by atoms with E-state index in [4.69, 9.17) is 10.7 Å². The van der Waals surface area contributed by atoms with Crippen LogP contribution in [-0.2, 0) is 4.74 Å². The largest absolute Gasteiger partial charge is 0.467 e. The molecule has 0 unspecified atom stereocenters. The minimum absolute atomic E-state index is 0.0899. The fourth-order valence-corrected chi connectivity index (χ4v) is 1.17. The van der Waals surface area contributed by atoms with Crippen LogP contribution in [-0.4, -0.2) is 24.3 Å². The lowest BCUT2D eigenvalue weighted by Crippen LogP contribution is -1.93.